The van der Waals surface area contributed by atoms with Gasteiger partial charge in [0.15, 0.2) is 0 Å². The van der Waals surface area contributed by atoms with Crippen molar-refractivity contribution in [3.63, 3.8) is 0 Å². The van der Waals surface area contributed by atoms with Crippen LogP contribution in [0.1, 0.15) is 23.6 Å². The molecule has 2 N–H and O–H groups in total. The van der Waals surface area contributed by atoms with Gasteiger partial charge in [-0.1, -0.05) is 57.3 Å². The molecule has 0 aliphatic heterocycles. The maximum atomic E-state index is 12.4. The van der Waals surface area contributed by atoms with E-state index in [1.54, 1.807) is 68.6 Å². The Kier molecular flexibility index (Phi) is 10.2. The molecule has 0 saturated carbocycles. The SMILES string of the molecule is COc1ccc(CC(=O)NC(C)C(=O)NN=Cc2cc(Br)ccc2OCc2ccc(Cl)cc2Cl)cc1. The first kappa shape index (κ1) is 27.5. The summed E-state index contributed by atoms with van der Waals surface area (Å²) in [6.07, 6.45) is 1.61. The van der Waals surface area contributed by atoms with Crippen molar-refractivity contribution in [3.05, 3.63) is 91.9 Å². The Morgan fingerprint density at radius 2 is 1.83 bits per heavy atom. The fourth-order valence-corrected chi connectivity index (χ4v) is 3.94. The predicted octanol–water partition coefficient (Wildman–Crippen LogP) is 5.54. The summed E-state index contributed by atoms with van der Waals surface area (Å²) < 4.78 is 11.8. The van der Waals surface area contributed by atoms with Gasteiger partial charge in [0, 0.05) is 25.6 Å². The lowest BCUT2D eigenvalue weighted by Gasteiger charge is -2.13. The smallest absolute Gasteiger partial charge is 0.262 e. The summed E-state index contributed by atoms with van der Waals surface area (Å²) >= 11 is 15.6. The Hall–Kier alpha value is -3.07. The average molecular weight is 593 g/mol. The highest BCUT2D eigenvalue weighted by atomic mass is 79.9. The second-order valence-corrected chi connectivity index (χ2v) is 9.51. The topological polar surface area (TPSA) is 89.0 Å². The van der Waals surface area contributed by atoms with Crippen molar-refractivity contribution in [2.75, 3.05) is 7.11 Å². The number of carbonyl (C=O) groups excluding carboxylic acids is 2. The van der Waals surface area contributed by atoms with Crippen molar-refractivity contribution in [2.24, 2.45) is 5.10 Å². The second-order valence-electron chi connectivity index (χ2n) is 7.75. The minimum atomic E-state index is -0.779. The van der Waals surface area contributed by atoms with E-state index < -0.39 is 11.9 Å². The number of nitrogens with one attached hydrogen (secondary N) is 2. The standard InChI is InChI=1S/C26H24BrCl2N3O4/c1-16(31-25(33)11-17-3-8-22(35-2)9-4-17)26(34)32-30-14-19-12-20(27)6-10-24(19)36-15-18-5-7-21(28)13-23(18)29/h3-10,12-14,16H,11,15H2,1-2H3,(H,31,33)(H,32,34). The van der Waals surface area contributed by atoms with Crippen molar-refractivity contribution in [3.8, 4) is 11.5 Å². The monoisotopic (exact) mass is 591 g/mol. The maximum Gasteiger partial charge on any atom is 0.262 e. The van der Waals surface area contributed by atoms with Crippen molar-refractivity contribution in [1.29, 1.82) is 0 Å². The van der Waals surface area contributed by atoms with Gasteiger partial charge in [0.1, 0.15) is 24.1 Å². The molecule has 3 aromatic rings. The van der Waals surface area contributed by atoms with Crippen LogP contribution in [0.4, 0.5) is 0 Å². The Morgan fingerprint density at radius 3 is 2.53 bits per heavy atom. The maximum absolute atomic E-state index is 12.4. The molecule has 36 heavy (non-hydrogen) atoms. The van der Waals surface area contributed by atoms with Gasteiger partial charge in [-0.05, 0) is 55.0 Å². The molecular weight excluding hydrogens is 569 g/mol. The zero-order valence-electron chi connectivity index (χ0n) is 19.6. The zero-order valence-corrected chi connectivity index (χ0v) is 22.7. The third-order valence-corrected chi connectivity index (χ3v) is 6.12. The second kappa shape index (κ2) is 13.3. The van der Waals surface area contributed by atoms with E-state index in [9.17, 15) is 9.59 Å². The molecule has 2 amide bonds. The zero-order chi connectivity index (χ0) is 26.1. The number of halogens is 3. The molecule has 0 aliphatic carbocycles. The number of hydrazone groups is 1. The number of benzene rings is 3. The Balaban J connectivity index is 1.55. The molecule has 3 rings (SSSR count). The van der Waals surface area contributed by atoms with E-state index in [2.05, 4.69) is 31.8 Å². The van der Waals surface area contributed by atoms with Crippen LogP contribution in [0, 0.1) is 0 Å². The van der Waals surface area contributed by atoms with Crippen LogP contribution in [0.2, 0.25) is 10.0 Å². The summed E-state index contributed by atoms with van der Waals surface area (Å²) in [5.41, 5.74) is 4.66. The van der Waals surface area contributed by atoms with Crippen LogP contribution in [0.25, 0.3) is 0 Å². The summed E-state index contributed by atoms with van der Waals surface area (Å²) in [5, 5.41) is 7.74. The van der Waals surface area contributed by atoms with Crippen molar-refractivity contribution < 1.29 is 19.1 Å². The van der Waals surface area contributed by atoms with E-state index in [1.807, 2.05) is 6.07 Å². The van der Waals surface area contributed by atoms with Gasteiger partial charge < -0.3 is 14.8 Å². The summed E-state index contributed by atoms with van der Waals surface area (Å²) in [6.45, 7) is 1.81. The van der Waals surface area contributed by atoms with Crippen LogP contribution in [0.5, 0.6) is 11.5 Å². The van der Waals surface area contributed by atoms with Gasteiger partial charge in [-0.3, -0.25) is 9.59 Å². The van der Waals surface area contributed by atoms with Gasteiger partial charge in [-0.15, -0.1) is 0 Å². The van der Waals surface area contributed by atoms with E-state index in [-0.39, 0.29) is 18.9 Å². The van der Waals surface area contributed by atoms with E-state index >= 15 is 0 Å². The molecule has 188 valence electrons. The van der Waals surface area contributed by atoms with Gasteiger partial charge in [0.2, 0.25) is 5.91 Å². The molecule has 10 heteroatoms. The Bertz CT molecular complexity index is 1250. The number of nitrogens with zero attached hydrogens (tertiary/aromatic N) is 1. The van der Waals surface area contributed by atoms with Crippen LogP contribution < -0.4 is 20.2 Å². The molecule has 0 radical (unpaired) electrons. The van der Waals surface area contributed by atoms with Crippen LogP contribution in [0.3, 0.4) is 0 Å². The molecule has 3 aromatic carbocycles. The minimum absolute atomic E-state index is 0.140. The largest absolute Gasteiger partial charge is 0.497 e. The van der Waals surface area contributed by atoms with Crippen LogP contribution in [-0.2, 0) is 22.6 Å². The molecule has 0 fully saturated rings. The number of hydrogen-bond acceptors (Lipinski definition) is 5. The summed E-state index contributed by atoms with van der Waals surface area (Å²) in [7, 11) is 1.58. The first-order valence-electron chi connectivity index (χ1n) is 10.9. The van der Waals surface area contributed by atoms with E-state index in [0.29, 0.717) is 27.1 Å². The minimum Gasteiger partial charge on any atom is -0.497 e. The predicted molar refractivity (Wildman–Crippen MR) is 145 cm³/mol. The molecule has 7 nitrogen and oxygen atoms in total. The Labute approximate surface area is 227 Å². The highest BCUT2D eigenvalue weighted by Gasteiger charge is 2.15. The molecule has 1 unspecified atom stereocenters. The van der Waals surface area contributed by atoms with Gasteiger partial charge in [0.25, 0.3) is 5.91 Å². The van der Waals surface area contributed by atoms with Gasteiger partial charge >= 0.3 is 0 Å². The first-order valence-corrected chi connectivity index (χ1v) is 12.4. The number of ether oxygens (including phenoxy) is 2. The van der Waals surface area contributed by atoms with Crippen LogP contribution in [-0.4, -0.2) is 31.2 Å². The molecule has 1 atom stereocenters. The van der Waals surface area contributed by atoms with Gasteiger partial charge in [0.05, 0.1) is 19.7 Å². The fraction of sp³-hybridized carbons (Fsp3) is 0.192. The van der Waals surface area contributed by atoms with Gasteiger partial charge in [-0.2, -0.15) is 5.10 Å². The average Bonchev–Trinajstić information content (AvgIpc) is 2.84. The van der Waals surface area contributed by atoms with Gasteiger partial charge in [-0.25, -0.2) is 5.43 Å². The number of rotatable bonds is 10. The number of methoxy groups -OCH3 is 1. The number of amides is 2. The Morgan fingerprint density at radius 1 is 1.08 bits per heavy atom. The number of carbonyl (C=O) groups is 2. The van der Waals surface area contributed by atoms with E-state index in [4.69, 9.17) is 32.7 Å². The first-order chi connectivity index (χ1) is 17.2. The third kappa shape index (κ3) is 8.26. The number of hydrogen-bond donors (Lipinski definition) is 2. The van der Waals surface area contributed by atoms with Crippen LogP contribution in [0.15, 0.2) is 70.2 Å². The summed E-state index contributed by atoms with van der Waals surface area (Å²) in [5.74, 6) is 0.510. The molecule has 0 saturated heterocycles. The highest BCUT2D eigenvalue weighted by Crippen LogP contribution is 2.26. The molecule has 0 aromatic heterocycles. The molecule has 0 aliphatic rings. The van der Waals surface area contributed by atoms with E-state index in [1.165, 1.54) is 6.21 Å². The quantitative estimate of drug-likeness (QED) is 0.239. The molecule has 0 bridgehead atoms. The summed E-state index contributed by atoms with van der Waals surface area (Å²) in [4.78, 5) is 24.7. The molecular formula is C26H24BrCl2N3O4. The normalized spacial score (nSPS) is 11.7. The van der Waals surface area contributed by atoms with Crippen molar-refractivity contribution in [1.82, 2.24) is 10.7 Å². The summed E-state index contributed by atoms with van der Waals surface area (Å²) in [6, 6.07) is 17.0. The molecule has 0 heterocycles. The lowest BCUT2D eigenvalue weighted by molar-refractivity contribution is -0.128. The van der Waals surface area contributed by atoms with E-state index in [0.717, 1.165) is 15.6 Å². The third-order valence-electron chi connectivity index (χ3n) is 5.04. The molecule has 0 spiro atoms. The van der Waals surface area contributed by atoms with Crippen LogP contribution >= 0.6 is 39.1 Å². The fourth-order valence-electron chi connectivity index (χ4n) is 3.09. The lowest BCUT2D eigenvalue weighted by Crippen LogP contribution is -2.43. The lowest BCUT2D eigenvalue weighted by atomic mass is 10.1. The van der Waals surface area contributed by atoms with Crippen molar-refractivity contribution in [2.45, 2.75) is 26.0 Å². The van der Waals surface area contributed by atoms with Crippen molar-refractivity contribution >= 4 is 57.2 Å². The highest BCUT2D eigenvalue weighted by molar-refractivity contribution is 9.10.